The van der Waals surface area contributed by atoms with E-state index >= 15 is 0 Å². The molecule has 2 aromatic heterocycles. The summed E-state index contributed by atoms with van der Waals surface area (Å²) in [5.74, 6) is 1.74. The number of nitrogens with zero attached hydrogens (tertiary/aromatic N) is 3. The number of sulfonamides is 1. The highest BCUT2D eigenvalue weighted by Crippen LogP contribution is 2.27. The summed E-state index contributed by atoms with van der Waals surface area (Å²) in [4.78, 5) is 0. The van der Waals surface area contributed by atoms with Crippen LogP contribution in [0.3, 0.4) is 0 Å². The van der Waals surface area contributed by atoms with Crippen LogP contribution in [0.1, 0.15) is 37.3 Å². The van der Waals surface area contributed by atoms with Gasteiger partial charge in [-0.15, -0.1) is 0 Å². The fourth-order valence-electron chi connectivity index (χ4n) is 2.94. The molecule has 3 rings (SSSR count). The Bertz CT molecular complexity index is 807. The number of aromatic amines is 1. The van der Waals surface area contributed by atoms with Gasteiger partial charge in [0.25, 0.3) is 0 Å². The molecule has 0 aliphatic carbocycles. The van der Waals surface area contributed by atoms with Crippen LogP contribution >= 0.6 is 12.2 Å². The Morgan fingerprint density at radius 3 is 3.04 bits per heavy atom. The molecule has 23 heavy (non-hydrogen) atoms. The smallest absolute Gasteiger partial charge is 0.213 e. The molecule has 2 aromatic rings. The van der Waals surface area contributed by atoms with Gasteiger partial charge in [-0.3, -0.25) is 9.67 Å². The van der Waals surface area contributed by atoms with Crippen LogP contribution < -0.4 is 0 Å². The van der Waals surface area contributed by atoms with Crippen LogP contribution in [0.25, 0.3) is 0 Å². The van der Waals surface area contributed by atoms with E-state index in [0.29, 0.717) is 24.4 Å². The molecule has 0 bridgehead atoms. The highest BCUT2D eigenvalue weighted by Gasteiger charge is 2.31. The lowest BCUT2D eigenvalue weighted by atomic mass is 9.99. The van der Waals surface area contributed by atoms with Gasteiger partial charge in [-0.25, -0.2) is 12.7 Å². The first-order valence-corrected chi connectivity index (χ1v) is 9.68. The average Bonchev–Trinajstić information content (AvgIpc) is 3.19. The molecule has 126 valence electrons. The van der Waals surface area contributed by atoms with Gasteiger partial charge >= 0.3 is 0 Å². The van der Waals surface area contributed by atoms with Gasteiger partial charge in [0.05, 0.1) is 18.6 Å². The topological polar surface area (TPSA) is 84.1 Å². The highest BCUT2D eigenvalue weighted by molar-refractivity contribution is 7.89. The third-order valence-electron chi connectivity index (χ3n) is 4.19. The van der Waals surface area contributed by atoms with Crippen molar-refractivity contribution in [2.75, 3.05) is 18.8 Å². The van der Waals surface area contributed by atoms with Crippen LogP contribution in [0.4, 0.5) is 0 Å². The number of nitrogens with one attached hydrogen (secondary N) is 1. The standard InChI is InChI=1S/C14H20N4O3S2/c1-2-23(19,20)17-7-3-5-11(9-17)13-15-16-14(22)18(13)10-12-6-4-8-21-12/h4,6,8,11H,2-3,5,7,9-10H2,1H3,(H,16,22). The highest BCUT2D eigenvalue weighted by atomic mass is 32.2. The number of aromatic nitrogens is 3. The molecule has 3 heterocycles. The molecule has 1 aliphatic rings. The van der Waals surface area contributed by atoms with Crippen LogP contribution in [-0.2, 0) is 16.6 Å². The monoisotopic (exact) mass is 356 g/mol. The second-order valence-corrected chi connectivity index (χ2v) is 8.29. The van der Waals surface area contributed by atoms with Crippen LogP contribution in [0, 0.1) is 4.77 Å². The second kappa shape index (κ2) is 6.58. The van der Waals surface area contributed by atoms with E-state index in [-0.39, 0.29) is 11.7 Å². The Labute approximate surface area is 140 Å². The molecule has 1 saturated heterocycles. The molecule has 1 N–H and O–H groups in total. The normalized spacial score (nSPS) is 20.0. The molecule has 0 radical (unpaired) electrons. The van der Waals surface area contributed by atoms with E-state index in [1.807, 2.05) is 16.7 Å². The molecule has 1 aliphatic heterocycles. The first kappa shape index (κ1) is 16.4. The Kier molecular flexibility index (Phi) is 4.69. The van der Waals surface area contributed by atoms with Crippen LogP contribution in [0.5, 0.6) is 0 Å². The minimum atomic E-state index is -3.18. The number of rotatable bonds is 5. The minimum Gasteiger partial charge on any atom is -0.467 e. The summed E-state index contributed by atoms with van der Waals surface area (Å²) in [6.45, 7) is 3.20. The van der Waals surface area contributed by atoms with Gasteiger partial charge in [-0.2, -0.15) is 5.10 Å². The Balaban J connectivity index is 1.86. The number of furan rings is 1. The van der Waals surface area contributed by atoms with Crippen molar-refractivity contribution in [1.82, 2.24) is 19.1 Å². The van der Waals surface area contributed by atoms with E-state index in [0.717, 1.165) is 24.4 Å². The van der Waals surface area contributed by atoms with Gasteiger partial charge in [-0.1, -0.05) is 0 Å². The van der Waals surface area contributed by atoms with E-state index in [1.165, 1.54) is 0 Å². The Morgan fingerprint density at radius 2 is 2.35 bits per heavy atom. The first-order valence-electron chi connectivity index (χ1n) is 7.66. The molecule has 1 unspecified atom stereocenters. The fraction of sp³-hybridized carbons (Fsp3) is 0.571. The molecular formula is C14H20N4O3S2. The van der Waals surface area contributed by atoms with Gasteiger partial charge in [0.2, 0.25) is 10.0 Å². The van der Waals surface area contributed by atoms with Crippen molar-refractivity contribution in [3.8, 4) is 0 Å². The number of piperidine rings is 1. The molecule has 0 aromatic carbocycles. The summed E-state index contributed by atoms with van der Waals surface area (Å²) in [7, 11) is -3.18. The molecule has 7 nitrogen and oxygen atoms in total. The van der Waals surface area contributed by atoms with Gasteiger partial charge < -0.3 is 4.42 Å². The summed E-state index contributed by atoms with van der Waals surface area (Å²) in [5.41, 5.74) is 0. The molecular weight excluding hydrogens is 336 g/mol. The zero-order valence-corrected chi connectivity index (χ0v) is 14.6. The molecule has 1 atom stereocenters. The van der Waals surface area contributed by atoms with Gasteiger partial charge in [0, 0.05) is 19.0 Å². The number of hydrogen-bond acceptors (Lipinski definition) is 5. The number of hydrogen-bond donors (Lipinski definition) is 1. The lowest BCUT2D eigenvalue weighted by Crippen LogP contribution is -2.40. The maximum Gasteiger partial charge on any atom is 0.213 e. The lowest BCUT2D eigenvalue weighted by molar-refractivity contribution is 0.304. The second-order valence-electron chi connectivity index (χ2n) is 5.65. The summed E-state index contributed by atoms with van der Waals surface area (Å²) >= 11 is 5.31. The summed E-state index contributed by atoms with van der Waals surface area (Å²) in [5, 5.41) is 7.17. The summed E-state index contributed by atoms with van der Waals surface area (Å²) < 4.78 is 33.6. The van der Waals surface area contributed by atoms with Crippen LogP contribution in [0.2, 0.25) is 0 Å². The van der Waals surface area contributed by atoms with E-state index in [4.69, 9.17) is 16.6 Å². The van der Waals surface area contributed by atoms with Crippen molar-refractivity contribution in [1.29, 1.82) is 0 Å². The van der Waals surface area contributed by atoms with Crippen LogP contribution in [0.15, 0.2) is 22.8 Å². The van der Waals surface area contributed by atoms with Crippen molar-refractivity contribution in [2.45, 2.75) is 32.2 Å². The van der Waals surface area contributed by atoms with Crippen LogP contribution in [-0.4, -0.2) is 46.3 Å². The summed E-state index contributed by atoms with van der Waals surface area (Å²) in [6.07, 6.45) is 3.34. The zero-order chi connectivity index (χ0) is 16.4. The third kappa shape index (κ3) is 3.41. The van der Waals surface area contributed by atoms with Gasteiger partial charge in [0.1, 0.15) is 11.6 Å². The quantitative estimate of drug-likeness (QED) is 0.830. The SMILES string of the molecule is CCS(=O)(=O)N1CCCC(c2n[nH]c(=S)n2Cc2ccco2)C1. The lowest BCUT2D eigenvalue weighted by Gasteiger charge is -2.31. The van der Waals surface area contributed by atoms with Gasteiger partial charge in [0.15, 0.2) is 4.77 Å². The maximum atomic E-state index is 12.1. The summed E-state index contributed by atoms with van der Waals surface area (Å²) in [6, 6.07) is 3.71. The average molecular weight is 356 g/mol. The van der Waals surface area contributed by atoms with E-state index in [2.05, 4.69) is 10.2 Å². The minimum absolute atomic E-state index is 0.0352. The van der Waals surface area contributed by atoms with Crippen molar-refractivity contribution in [2.24, 2.45) is 0 Å². The number of H-pyrrole nitrogens is 1. The van der Waals surface area contributed by atoms with E-state index < -0.39 is 10.0 Å². The van der Waals surface area contributed by atoms with Crippen molar-refractivity contribution in [3.63, 3.8) is 0 Å². The van der Waals surface area contributed by atoms with Crippen molar-refractivity contribution in [3.05, 3.63) is 34.8 Å². The van der Waals surface area contributed by atoms with Crippen molar-refractivity contribution < 1.29 is 12.8 Å². The molecule has 0 saturated carbocycles. The molecule has 1 fully saturated rings. The molecule has 9 heteroatoms. The predicted octanol–water partition coefficient (Wildman–Crippen LogP) is 2.11. The Morgan fingerprint density at radius 1 is 1.52 bits per heavy atom. The largest absolute Gasteiger partial charge is 0.467 e. The van der Waals surface area contributed by atoms with E-state index in [1.54, 1.807) is 17.5 Å². The first-order chi connectivity index (χ1) is 11.0. The van der Waals surface area contributed by atoms with E-state index in [9.17, 15) is 8.42 Å². The fourth-order valence-corrected chi connectivity index (χ4v) is 4.32. The maximum absolute atomic E-state index is 12.1. The molecule has 0 spiro atoms. The predicted molar refractivity (Wildman–Crippen MR) is 88.2 cm³/mol. The molecule has 0 amide bonds. The Hall–Kier alpha value is -1.45. The third-order valence-corrected chi connectivity index (χ3v) is 6.35. The zero-order valence-electron chi connectivity index (χ0n) is 12.9. The van der Waals surface area contributed by atoms with Gasteiger partial charge in [-0.05, 0) is 44.1 Å². The van der Waals surface area contributed by atoms with Crippen molar-refractivity contribution >= 4 is 22.2 Å².